The van der Waals surface area contributed by atoms with Crippen LogP contribution in [0.15, 0.2) is 35.2 Å². The highest BCUT2D eigenvalue weighted by Crippen LogP contribution is 2.37. The van der Waals surface area contributed by atoms with Crippen LogP contribution >= 0.6 is 15.9 Å². The Morgan fingerprint density at radius 1 is 1.19 bits per heavy atom. The van der Waals surface area contributed by atoms with Crippen molar-refractivity contribution in [3.63, 3.8) is 0 Å². The summed E-state index contributed by atoms with van der Waals surface area (Å²) in [6.45, 7) is 0.0331. The molecule has 1 aliphatic rings. The van der Waals surface area contributed by atoms with E-state index < -0.39 is 31.1 Å². The lowest BCUT2D eigenvalue weighted by molar-refractivity contribution is -0.0509. The summed E-state index contributed by atoms with van der Waals surface area (Å²) in [6, 6.07) is 5.56. The van der Waals surface area contributed by atoms with Crippen LogP contribution in [0.1, 0.15) is 11.8 Å². The fourth-order valence-corrected chi connectivity index (χ4v) is 4.24. The van der Waals surface area contributed by atoms with E-state index in [0.717, 1.165) is 5.56 Å². The standard InChI is InChI=1S/C20H23BrN4O6/c1-29-11-4-3-10(13(5-11)30-2)6-22-18-15-12(21)7-25(19(15)24-9-23-18)20-17(28)16(27)14(8-26)31-20/h3-5,7,9,14,16-17,20,26-28H,6,8H2,1-2H3,(H,22,23,24)/t14-,16-,17-,20-/m1/s1. The van der Waals surface area contributed by atoms with Crippen molar-refractivity contribution in [1.29, 1.82) is 0 Å². The Bertz CT molecular complexity index is 1080. The largest absolute Gasteiger partial charge is 0.497 e. The summed E-state index contributed by atoms with van der Waals surface area (Å²) < 4.78 is 18.6. The van der Waals surface area contributed by atoms with E-state index in [2.05, 4.69) is 31.2 Å². The zero-order chi connectivity index (χ0) is 22.1. The summed E-state index contributed by atoms with van der Waals surface area (Å²) in [5, 5.41) is 33.8. The van der Waals surface area contributed by atoms with E-state index in [1.54, 1.807) is 31.0 Å². The molecule has 1 fully saturated rings. The van der Waals surface area contributed by atoms with Gasteiger partial charge in [-0.25, -0.2) is 9.97 Å². The number of methoxy groups -OCH3 is 2. The number of aliphatic hydroxyl groups is 3. The molecule has 11 heteroatoms. The molecule has 0 radical (unpaired) electrons. The minimum atomic E-state index is -1.21. The van der Waals surface area contributed by atoms with Gasteiger partial charge in [0.05, 0.1) is 26.2 Å². The summed E-state index contributed by atoms with van der Waals surface area (Å²) >= 11 is 3.53. The number of hydrogen-bond donors (Lipinski definition) is 4. The fourth-order valence-electron chi connectivity index (χ4n) is 3.65. The second kappa shape index (κ2) is 8.97. The predicted molar refractivity (Wildman–Crippen MR) is 115 cm³/mol. The highest BCUT2D eigenvalue weighted by atomic mass is 79.9. The van der Waals surface area contributed by atoms with Crippen molar-refractivity contribution < 1.29 is 29.5 Å². The van der Waals surface area contributed by atoms with Crippen LogP contribution in [0.4, 0.5) is 5.82 Å². The number of benzene rings is 1. The minimum Gasteiger partial charge on any atom is -0.497 e. The van der Waals surface area contributed by atoms with Crippen LogP contribution in [0.5, 0.6) is 11.5 Å². The SMILES string of the molecule is COc1ccc(CNc2ncnc3c2c(Br)cn3[C@@H]2O[C@H](CO)[C@@H](O)[C@H]2O)c(OC)c1. The van der Waals surface area contributed by atoms with Gasteiger partial charge >= 0.3 is 0 Å². The van der Waals surface area contributed by atoms with Crippen molar-refractivity contribution >= 4 is 32.8 Å². The van der Waals surface area contributed by atoms with E-state index >= 15 is 0 Å². The van der Waals surface area contributed by atoms with Crippen LogP contribution in [0.3, 0.4) is 0 Å². The zero-order valence-electron chi connectivity index (χ0n) is 16.9. The molecule has 3 aromatic rings. The second-order valence-electron chi connectivity index (χ2n) is 7.07. The van der Waals surface area contributed by atoms with Gasteiger partial charge in [-0.2, -0.15) is 0 Å². The van der Waals surface area contributed by atoms with Gasteiger partial charge in [0.25, 0.3) is 0 Å². The maximum absolute atomic E-state index is 10.4. The van der Waals surface area contributed by atoms with E-state index in [1.165, 1.54) is 6.33 Å². The van der Waals surface area contributed by atoms with Gasteiger partial charge in [0.2, 0.25) is 0 Å². The quantitative estimate of drug-likeness (QED) is 0.385. The Hall–Kier alpha value is -2.44. The van der Waals surface area contributed by atoms with Gasteiger partial charge in [-0.15, -0.1) is 0 Å². The first-order chi connectivity index (χ1) is 15.0. The number of anilines is 1. The molecule has 1 saturated heterocycles. The molecule has 1 aliphatic heterocycles. The average Bonchev–Trinajstić information content (AvgIpc) is 3.28. The predicted octanol–water partition coefficient (Wildman–Crippen LogP) is 1.43. The molecule has 1 aromatic carbocycles. The molecular weight excluding hydrogens is 472 g/mol. The van der Waals surface area contributed by atoms with Gasteiger partial charge in [-0.05, 0) is 28.1 Å². The molecule has 0 aliphatic carbocycles. The molecule has 4 N–H and O–H groups in total. The Kier molecular flexibility index (Phi) is 6.30. The summed E-state index contributed by atoms with van der Waals surface area (Å²) in [6.07, 6.45) is -1.08. The lowest BCUT2D eigenvalue weighted by Crippen LogP contribution is -2.33. The van der Waals surface area contributed by atoms with Gasteiger partial charge in [0, 0.05) is 28.8 Å². The summed E-state index contributed by atoms with van der Waals surface area (Å²) in [7, 11) is 3.19. The van der Waals surface area contributed by atoms with Crippen LogP contribution < -0.4 is 14.8 Å². The van der Waals surface area contributed by atoms with Gasteiger partial charge in [-0.3, -0.25) is 0 Å². The molecular formula is C20H23BrN4O6. The smallest absolute Gasteiger partial charge is 0.164 e. The Morgan fingerprint density at radius 2 is 2.00 bits per heavy atom. The summed E-state index contributed by atoms with van der Waals surface area (Å²) in [5.74, 6) is 1.95. The number of hydrogen-bond acceptors (Lipinski definition) is 9. The maximum Gasteiger partial charge on any atom is 0.164 e. The first-order valence-electron chi connectivity index (χ1n) is 9.56. The van der Waals surface area contributed by atoms with Crippen LogP contribution in [0.25, 0.3) is 11.0 Å². The highest BCUT2D eigenvalue weighted by Gasteiger charge is 2.44. The van der Waals surface area contributed by atoms with Gasteiger partial charge < -0.3 is 39.4 Å². The Balaban J connectivity index is 1.64. The Labute approximate surface area is 186 Å². The zero-order valence-corrected chi connectivity index (χ0v) is 18.5. The number of ether oxygens (including phenoxy) is 3. The van der Waals surface area contributed by atoms with E-state index in [-0.39, 0.29) is 0 Å². The average molecular weight is 495 g/mol. The molecule has 2 aromatic heterocycles. The molecule has 0 amide bonds. The normalized spacial score (nSPS) is 23.3. The lowest BCUT2D eigenvalue weighted by Gasteiger charge is -2.17. The molecule has 0 saturated carbocycles. The first kappa shape index (κ1) is 21.8. The summed E-state index contributed by atoms with van der Waals surface area (Å²) in [4.78, 5) is 8.69. The van der Waals surface area contributed by atoms with Crippen molar-refractivity contribution in [3.05, 3.63) is 40.8 Å². The maximum atomic E-state index is 10.4. The third-order valence-electron chi connectivity index (χ3n) is 5.29. The van der Waals surface area contributed by atoms with E-state index in [1.807, 2.05) is 12.1 Å². The molecule has 0 unspecified atom stereocenters. The minimum absolute atomic E-state index is 0.402. The van der Waals surface area contributed by atoms with Crippen LogP contribution in [-0.4, -0.2) is 69.0 Å². The second-order valence-corrected chi connectivity index (χ2v) is 7.92. The molecule has 10 nitrogen and oxygen atoms in total. The molecule has 4 rings (SSSR count). The molecule has 4 atom stereocenters. The summed E-state index contributed by atoms with van der Waals surface area (Å²) in [5.41, 5.74) is 1.41. The van der Waals surface area contributed by atoms with Crippen molar-refractivity contribution in [2.24, 2.45) is 0 Å². The van der Waals surface area contributed by atoms with E-state index in [9.17, 15) is 15.3 Å². The van der Waals surface area contributed by atoms with Crippen molar-refractivity contribution in [1.82, 2.24) is 14.5 Å². The molecule has 3 heterocycles. The third-order valence-corrected chi connectivity index (χ3v) is 5.90. The van der Waals surface area contributed by atoms with Gasteiger partial charge in [-0.1, -0.05) is 0 Å². The number of aromatic nitrogens is 3. The van der Waals surface area contributed by atoms with E-state index in [4.69, 9.17) is 14.2 Å². The van der Waals surface area contributed by atoms with Gasteiger partial charge in [0.1, 0.15) is 47.6 Å². The number of halogens is 1. The third kappa shape index (κ3) is 3.94. The van der Waals surface area contributed by atoms with Crippen molar-refractivity contribution in [2.45, 2.75) is 31.1 Å². The first-order valence-corrected chi connectivity index (χ1v) is 10.4. The van der Waals surface area contributed by atoms with Crippen LogP contribution in [0, 0.1) is 0 Å². The highest BCUT2D eigenvalue weighted by molar-refractivity contribution is 9.10. The molecule has 166 valence electrons. The number of nitrogens with zero attached hydrogens (tertiary/aromatic N) is 3. The topological polar surface area (TPSA) is 131 Å². The molecule has 0 bridgehead atoms. The van der Waals surface area contributed by atoms with E-state index in [0.29, 0.717) is 39.4 Å². The van der Waals surface area contributed by atoms with Crippen molar-refractivity contribution in [3.8, 4) is 11.5 Å². The van der Waals surface area contributed by atoms with Crippen molar-refractivity contribution in [2.75, 3.05) is 26.1 Å². The monoisotopic (exact) mass is 494 g/mol. The van der Waals surface area contributed by atoms with Crippen LogP contribution in [0.2, 0.25) is 0 Å². The molecule has 0 spiro atoms. The fraction of sp³-hybridized carbons (Fsp3) is 0.400. The number of aliphatic hydroxyl groups excluding tert-OH is 3. The number of nitrogens with one attached hydrogen (secondary N) is 1. The molecule has 31 heavy (non-hydrogen) atoms. The number of fused-ring (bicyclic) bond motifs is 1. The number of rotatable bonds is 7. The van der Waals surface area contributed by atoms with Crippen LogP contribution in [-0.2, 0) is 11.3 Å². The van der Waals surface area contributed by atoms with Gasteiger partial charge in [0.15, 0.2) is 6.23 Å². The Morgan fingerprint density at radius 3 is 2.68 bits per heavy atom. The lowest BCUT2D eigenvalue weighted by atomic mass is 10.1.